The summed E-state index contributed by atoms with van der Waals surface area (Å²) in [5, 5.41) is 14.5. The lowest BCUT2D eigenvalue weighted by Gasteiger charge is -2.14. The minimum absolute atomic E-state index is 0.0916. The second kappa shape index (κ2) is 8.52. The summed E-state index contributed by atoms with van der Waals surface area (Å²) in [5.41, 5.74) is 4.22. The van der Waals surface area contributed by atoms with Gasteiger partial charge in [0.05, 0.1) is 5.69 Å². The van der Waals surface area contributed by atoms with Crippen molar-refractivity contribution in [2.45, 2.75) is 40.8 Å². The highest BCUT2D eigenvalue weighted by Gasteiger charge is 2.14. The van der Waals surface area contributed by atoms with E-state index in [-0.39, 0.29) is 18.4 Å². The second-order valence-electron chi connectivity index (χ2n) is 7.32. The number of benzene rings is 1. The van der Waals surface area contributed by atoms with Crippen molar-refractivity contribution in [1.82, 2.24) is 29.9 Å². The van der Waals surface area contributed by atoms with Gasteiger partial charge in [0.1, 0.15) is 6.54 Å². The normalized spacial score (nSPS) is 12.1. The van der Waals surface area contributed by atoms with Crippen LogP contribution >= 0.6 is 12.2 Å². The molecule has 148 valence electrons. The molecule has 0 aliphatic heterocycles. The summed E-state index contributed by atoms with van der Waals surface area (Å²) in [6.45, 7) is 9.61. The van der Waals surface area contributed by atoms with Crippen LogP contribution in [0.1, 0.15) is 23.9 Å². The summed E-state index contributed by atoms with van der Waals surface area (Å²) in [6, 6.07) is 10.0. The van der Waals surface area contributed by atoms with Crippen LogP contribution in [-0.2, 0) is 17.9 Å². The van der Waals surface area contributed by atoms with Crippen molar-refractivity contribution in [1.29, 1.82) is 0 Å². The van der Waals surface area contributed by atoms with Crippen molar-refractivity contribution in [3.05, 3.63) is 52.1 Å². The van der Waals surface area contributed by atoms with E-state index in [2.05, 4.69) is 33.6 Å². The topological polar surface area (TPSA) is 80.5 Å². The molecular weight excluding hydrogens is 372 g/mol. The van der Waals surface area contributed by atoms with E-state index in [0.717, 1.165) is 23.5 Å². The molecule has 0 radical (unpaired) electrons. The van der Waals surface area contributed by atoms with Gasteiger partial charge in [-0.05, 0) is 45.0 Å². The van der Waals surface area contributed by atoms with Crippen LogP contribution in [0.15, 0.2) is 30.3 Å². The standard InChI is InChI=1S/C20H26N6OS/c1-13-5-7-17(8-6-13)19-22-23-20(28)25(19)12-18(27)21-10-14(2)11-26-16(4)9-15(3)24-26/h5-9,14H,10-12H2,1-4H3,(H,21,27)(H,23,28). The number of amides is 1. The fraction of sp³-hybridized carbons (Fsp3) is 0.400. The van der Waals surface area contributed by atoms with Crippen molar-refractivity contribution in [3.63, 3.8) is 0 Å². The molecule has 2 aromatic heterocycles. The van der Waals surface area contributed by atoms with E-state index in [1.165, 1.54) is 5.56 Å². The number of aromatic nitrogens is 5. The van der Waals surface area contributed by atoms with Gasteiger partial charge >= 0.3 is 0 Å². The smallest absolute Gasteiger partial charge is 0.240 e. The van der Waals surface area contributed by atoms with Gasteiger partial charge in [-0.15, -0.1) is 0 Å². The van der Waals surface area contributed by atoms with Crippen LogP contribution in [0.3, 0.4) is 0 Å². The molecule has 0 saturated carbocycles. The first-order chi connectivity index (χ1) is 13.3. The molecular formula is C20H26N6OS. The molecule has 1 unspecified atom stereocenters. The first kappa shape index (κ1) is 20.0. The maximum absolute atomic E-state index is 12.5. The molecule has 3 rings (SSSR count). The van der Waals surface area contributed by atoms with Gasteiger partial charge in [-0.2, -0.15) is 10.2 Å². The third kappa shape index (κ3) is 4.75. The third-order valence-electron chi connectivity index (χ3n) is 4.61. The number of hydrogen-bond acceptors (Lipinski definition) is 4. The molecule has 2 heterocycles. The molecule has 1 aromatic carbocycles. The Bertz CT molecular complexity index is 1010. The minimum atomic E-state index is -0.0916. The monoisotopic (exact) mass is 398 g/mol. The molecule has 1 atom stereocenters. The quantitative estimate of drug-likeness (QED) is 0.599. The highest BCUT2D eigenvalue weighted by Crippen LogP contribution is 2.17. The molecule has 0 spiro atoms. The zero-order valence-corrected chi connectivity index (χ0v) is 17.5. The average Bonchev–Trinajstić information content (AvgIpc) is 3.16. The average molecular weight is 399 g/mol. The van der Waals surface area contributed by atoms with Gasteiger partial charge in [-0.25, -0.2) is 0 Å². The third-order valence-corrected chi connectivity index (χ3v) is 4.92. The fourth-order valence-corrected chi connectivity index (χ4v) is 3.29. The van der Waals surface area contributed by atoms with E-state index >= 15 is 0 Å². The Labute approximate surface area is 169 Å². The molecule has 0 bridgehead atoms. The Morgan fingerprint density at radius 2 is 1.96 bits per heavy atom. The van der Waals surface area contributed by atoms with Crippen LogP contribution < -0.4 is 5.32 Å². The first-order valence-electron chi connectivity index (χ1n) is 9.33. The van der Waals surface area contributed by atoms with Crippen LogP contribution in [-0.4, -0.2) is 37.0 Å². The predicted molar refractivity (Wildman–Crippen MR) is 111 cm³/mol. The maximum atomic E-state index is 12.5. The predicted octanol–water partition coefficient (Wildman–Crippen LogP) is 3.18. The van der Waals surface area contributed by atoms with E-state index in [9.17, 15) is 4.79 Å². The maximum Gasteiger partial charge on any atom is 0.240 e. The van der Waals surface area contributed by atoms with Gasteiger partial charge in [0.2, 0.25) is 5.91 Å². The molecule has 8 heteroatoms. The Morgan fingerprint density at radius 1 is 1.25 bits per heavy atom. The summed E-state index contributed by atoms with van der Waals surface area (Å²) in [4.78, 5) is 12.5. The van der Waals surface area contributed by atoms with E-state index in [1.807, 2.05) is 49.7 Å². The van der Waals surface area contributed by atoms with Crippen molar-refractivity contribution in [3.8, 4) is 11.4 Å². The summed E-state index contributed by atoms with van der Waals surface area (Å²) >= 11 is 5.31. The zero-order valence-electron chi connectivity index (χ0n) is 16.7. The minimum Gasteiger partial charge on any atom is -0.354 e. The van der Waals surface area contributed by atoms with E-state index in [1.54, 1.807) is 4.57 Å². The van der Waals surface area contributed by atoms with Crippen LogP contribution in [0, 0.1) is 31.5 Å². The van der Waals surface area contributed by atoms with Crippen LogP contribution in [0.4, 0.5) is 0 Å². The number of aromatic amines is 1. The summed E-state index contributed by atoms with van der Waals surface area (Å²) in [6.07, 6.45) is 0. The lowest BCUT2D eigenvalue weighted by atomic mass is 10.1. The molecule has 0 aliphatic carbocycles. The lowest BCUT2D eigenvalue weighted by Crippen LogP contribution is -2.33. The van der Waals surface area contributed by atoms with E-state index in [4.69, 9.17) is 12.2 Å². The lowest BCUT2D eigenvalue weighted by molar-refractivity contribution is -0.121. The first-order valence-corrected chi connectivity index (χ1v) is 9.74. The molecule has 3 aromatic rings. The fourth-order valence-electron chi connectivity index (χ4n) is 3.09. The highest BCUT2D eigenvalue weighted by atomic mass is 32.1. The van der Waals surface area contributed by atoms with Gasteiger partial charge in [-0.1, -0.05) is 36.8 Å². The molecule has 0 fully saturated rings. The van der Waals surface area contributed by atoms with Crippen molar-refractivity contribution < 1.29 is 4.79 Å². The number of aryl methyl sites for hydroxylation is 3. The Kier molecular flexibility index (Phi) is 6.08. The van der Waals surface area contributed by atoms with E-state index < -0.39 is 0 Å². The van der Waals surface area contributed by atoms with Crippen LogP contribution in [0.5, 0.6) is 0 Å². The van der Waals surface area contributed by atoms with Gasteiger partial charge < -0.3 is 5.32 Å². The number of carbonyl (C=O) groups excluding carboxylic acids is 1. The second-order valence-corrected chi connectivity index (χ2v) is 7.71. The van der Waals surface area contributed by atoms with Crippen molar-refractivity contribution >= 4 is 18.1 Å². The van der Waals surface area contributed by atoms with Gasteiger partial charge in [0.25, 0.3) is 0 Å². The number of carbonyl (C=O) groups is 1. The summed E-state index contributed by atoms with van der Waals surface area (Å²) in [5.74, 6) is 0.831. The zero-order chi connectivity index (χ0) is 20.3. The molecule has 0 aliphatic rings. The molecule has 0 saturated heterocycles. The van der Waals surface area contributed by atoms with Gasteiger partial charge in [-0.3, -0.25) is 19.1 Å². The summed E-state index contributed by atoms with van der Waals surface area (Å²) < 4.78 is 4.14. The van der Waals surface area contributed by atoms with Gasteiger partial charge in [0.15, 0.2) is 10.6 Å². The summed E-state index contributed by atoms with van der Waals surface area (Å²) in [7, 11) is 0. The SMILES string of the molecule is Cc1ccc(-c2n[nH]c(=S)n2CC(=O)NCC(C)Cn2nc(C)cc2C)cc1. The molecule has 1 amide bonds. The number of hydrogen-bond donors (Lipinski definition) is 2. The van der Waals surface area contributed by atoms with E-state index in [0.29, 0.717) is 17.1 Å². The largest absolute Gasteiger partial charge is 0.354 e. The van der Waals surface area contributed by atoms with Gasteiger partial charge in [0, 0.05) is 24.3 Å². The number of nitrogens with zero attached hydrogens (tertiary/aromatic N) is 4. The number of H-pyrrole nitrogens is 1. The Balaban J connectivity index is 1.61. The highest BCUT2D eigenvalue weighted by molar-refractivity contribution is 7.71. The molecule has 2 N–H and O–H groups in total. The van der Waals surface area contributed by atoms with Crippen molar-refractivity contribution in [2.24, 2.45) is 5.92 Å². The Morgan fingerprint density at radius 3 is 2.61 bits per heavy atom. The van der Waals surface area contributed by atoms with Crippen LogP contribution in [0.25, 0.3) is 11.4 Å². The number of nitrogens with one attached hydrogen (secondary N) is 2. The molecule has 28 heavy (non-hydrogen) atoms. The van der Waals surface area contributed by atoms with Crippen LogP contribution in [0.2, 0.25) is 0 Å². The van der Waals surface area contributed by atoms with Crippen molar-refractivity contribution in [2.75, 3.05) is 6.54 Å². The number of rotatable bonds is 7. The molecule has 7 nitrogen and oxygen atoms in total. The Hall–Kier alpha value is -2.74.